The van der Waals surface area contributed by atoms with Crippen molar-refractivity contribution in [3.8, 4) is 11.5 Å². The summed E-state index contributed by atoms with van der Waals surface area (Å²) in [6.45, 7) is 5.63. The lowest BCUT2D eigenvalue weighted by Crippen LogP contribution is -2.30. The molecule has 0 bridgehead atoms. The number of hydrogen-bond donors (Lipinski definition) is 1. The molecule has 0 unspecified atom stereocenters. The van der Waals surface area contributed by atoms with Crippen LogP contribution in [-0.4, -0.2) is 40.3 Å². The van der Waals surface area contributed by atoms with Gasteiger partial charge in [0.25, 0.3) is 5.91 Å². The van der Waals surface area contributed by atoms with Crippen LogP contribution in [0.5, 0.6) is 11.5 Å². The average molecular weight is 404 g/mol. The van der Waals surface area contributed by atoms with Crippen LogP contribution in [0.3, 0.4) is 0 Å². The normalized spacial score (nSPS) is 12.0. The molecular weight excluding hydrogens is 380 g/mol. The quantitative estimate of drug-likeness (QED) is 0.650. The van der Waals surface area contributed by atoms with E-state index < -0.39 is 16.1 Å². The highest BCUT2D eigenvalue weighted by Gasteiger charge is 2.16. The number of ether oxygens (including phenoxy) is 2. The van der Waals surface area contributed by atoms with Gasteiger partial charge in [-0.05, 0) is 55.5 Å². The first-order valence-corrected chi connectivity index (χ1v) is 10.4. The van der Waals surface area contributed by atoms with Gasteiger partial charge in [0.1, 0.15) is 18.1 Å². The van der Waals surface area contributed by atoms with E-state index in [0.717, 1.165) is 10.6 Å². The minimum absolute atomic E-state index is 0.308. The van der Waals surface area contributed by atoms with Gasteiger partial charge in [-0.25, -0.2) is 8.42 Å². The number of rotatable bonds is 9. The topological polar surface area (TPSA) is 84.9 Å². The third-order valence-corrected chi connectivity index (χ3v) is 5.08. The predicted molar refractivity (Wildman–Crippen MR) is 111 cm³/mol. The van der Waals surface area contributed by atoms with Crippen LogP contribution in [0, 0.1) is 0 Å². The number of benzene rings is 2. The average Bonchev–Trinajstić information content (AvgIpc) is 2.66. The number of carbonyl (C=O) groups excluding carboxylic acids is 1. The number of hydrogen-bond acceptors (Lipinski definition) is 5. The predicted octanol–water partition coefficient (Wildman–Crippen LogP) is 3.05. The number of nitrogens with zero attached hydrogens (tertiary/aromatic N) is 1. The minimum Gasteiger partial charge on any atom is -0.490 e. The van der Waals surface area contributed by atoms with E-state index in [2.05, 4.69) is 11.9 Å². The zero-order chi connectivity index (χ0) is 20.7. The van der Waals surface area contributed by atoms with Gasteiger partial charge < -0.3 is 14.8 Å². The zero-order valence-electron chi connectivity index (χ0n) is 16.1. The summed E-state index contributed by atoms with van der Waals surface area (Å²) in [6.07, 6.45) is 2.04. The number of sulfonamides is 1. The van der Waals surface area contributed by atoms with Crippen molar-refractivity contribution in [3.63, 3.8) is 0 Å². The first kappa shape index (κ1) is 21.3. The second-order valence-corrected chi connectivity index (χ2v) is 8.11. The standard InChI is InChI=1S/C20H24N2O5S/c1-5-14-26-18-10-6-16(7-11-18)21-20(23)15(2)27-19-12-8-17(9-13-19)22(3)28(4,24)25/h5-13,15H,1,14H2,2-4H3,(H,21,23)/t15-/m1/s1. The Balaban J connectivity index is 1.94. The van der Waals surface area contributed by atoms with Crippen molar-refractivity contribution in [1.29, 1.82) is 0 Å². The summed E-state index contributed by atoms with van der Waals surface area (Å²) in [6, 6.07) is 13.4. The van der Waals surface area contributed by atoms with E-state index in [4.69, 9.17) is 9.47 Å². The molecule has 0 heterocycles. The molecule has 0 aliphatic heterocycles. The molecule has 150 valence electrons. The van der Waals surface area contributed by atoms with Crippen LogP contribution in [0.4, 0.5) is 11.4 Å². The highest BCUT2D eigenvalue weighted by Crippen LogP contribution is 2.21. The Kier molecular flexibility index (Phi) is 7.06. The maximum absolute atomic E-state index is 12.3. The molecule has 0 saturated carbocycles. The molecule has 1 atom stereocenters. The Labute approximate surface area is 165 Å². The second-order valence-electron chi connectivity index (χ2n) is 6.10. The number of nitrogens with one attached hydrogen (secondary N) is 1. The Morgan fingerprint density at radius 1 is 1.14 bits per heavy atom. The summed E-state index contributed by atoms with van der Waals surface area (Å²) in [4.78, 5) is 12.3. The highest BCUT2D eigenvalue weighted by molar-refractivity contribution is 7.92. The van der Waals surface area contributed by atoms with Gasteiger partial charge in [-0.2, -0.15) is 0 Å². The lowest BCUT2D eigenvalue weighted by molar-refractivity contribution is -0.122. The fourth-order valence-electron chi connectivity index (χ4n) is 2.22. The van der Waals surface area contributed by atoms with Gasteiger partial charge >= 0.3 is 0 Å². The largest absolute Gasteiger partial charge is 0.490 e. The van der Waals surface area contributed by atoms with Crippen molar-refractivity contribution in [2.45, 2.75) is 13.0 Å². The Hall–Kier alpha value is -3.00. The summed E-state index contributed by atoms with van der Waals surface area (Å²) in [7, 11) is -1.87. The van der Waals surface area contributed by atoms with Gasteiger partial charge in [-0.3, -0.25) is 9.10 Å². The first-order valence-electron chi connectivity index (χ1n) is 8.56. The third-order valence-electron chi connectivity index (χ3n) is 3.87. The molecule has 0 aliphatic rings. The molecule has 0 fully saturated rings. The fraction of sp³-hybridized carbons (Fsp3) is 0.250. The van der Waals surface area contributed by atoms with Gasteiger partial charge in [-0.1, -0.05) is 12.7 Å². The molecule has 8 heteroatoms. The summed E-state index contributed by atoms with van der Waals surface area (Å²) >= 11 is 0. The summed E-state index contributed by atoms with van der Waals surface area (Å²) < 4.78 is 35.3. The highest BCUT2D eigenvalue weighted by atomic mass is 32.2. The van der Waals surface area contributed by atoms with Crippen molar-refractivity contribution in [3.05, 3.63) is 61.2 Å². The van der Waals surface area contributed by atoms with Gasteiger partial charge in [0.2, 0.25) is 10.0 Å². The number of carbonyl (C=O) groups is 1. The van der Waals surface area contributed by atoms with E-state index in [1.54, 1.807) is 61.5 Å². The molecule has 1 N–H and O–H groups in total. The lowest BCUT2D eigenvalue weighted by atomic mass is 10.2. The maximum atomic E-state index is 12.3. The second kappa shape index (κ2) is 9.27. The van der Waals surface area contributed by atoms with Gasteiger partial charge in [0.15, 0.2) is 6.10 Å². The molecule has 0 radical (unpaired) electrons. The molecule has 0 spiro atoms. The first-order chi connectivity index (χ1) is 13.2. The summed E-state index contributed by atoms with van der Waals surface area (Å²) in [5.41, 5.74) is 1.13. The van der Waals surface area contributed by atoms with Crippen LogP contribution in [0.25, 0.3) is 0 Å². The smallest absolute Gasteiger partial charge is 0.265 e. The number of amides is 1. The molecule has 7 nitrogen and oxygen atoms in total. The SMILES string of the molecule is C=CCOc1ccc(NC(=O)[C@@H](C)Oc2ccc(N(C)S(C)(=O)=O)cc2)cc1. The zero-order valence-corrected chi connectivity index (χ0v) is 16.9. The Morgan fingerprint density at radius 2 is 1.71 bits per heavy atom. The van der Waals surface area contributed by atoms with Crippen molar-refractivity contribution < 1.29 is 22.7 Å². The third kappa shape index (κ3) is 6.02. The minimum atomic E-state index is -3.33. The Morgan fingerprint density at radius 3 is 2.25 bits per heavy atom. The van der Waals surface area contributed by atoms with Gasteiger partial charge in [0, 0.05) is 12.7 Å². The molecule has 2 aromatic carbocycles. The molecule has 2 rings (SSSR count). The molecule has 0 aromatic heterocycles. The monoisotopic (exact) mass is 404 g/mol. The van der Waals surface area contributed by atoms with E-state index in [0.29, 0.717) is 29.5 Å². The van der Waals surface area contributed by atoms with Crippen LogP contribution in [0.15, 0.2) is 61.2 Å². The molecule has 0 aliphatic carbocycles. The molecular formula is C20H24N2O5S. The lowest BCUT2D eigenvalue weighted by Gasteiger charge is -2.18. The Bertz CT molecular complexity index is 909. The maximum Gasteiger partial charge on any atom is 0.265 e. The van der Waals surface area contributed by atoms with E-state index in [9.17, 15) is 13.2 Å². The van der Waals surface area contributed by atoms with E-state index in [1.807, 2.05) is 0 Å². The van der Waals surface area contributed by atoms with Gasteiger partial charge in [0.05, 0.1) is 11.9 Å². The van der Waals surface area contributed by atoms with Crippen LogP contribution in [0.1, 0.15) is 6.92 Å². The van der Waals surface area contributed by atoms with Crippen molar-refractivity contribution in [1.82, 2.24) is 0 Å². The van der Waals surface area contributed by atoms with E-state index >= 15 is 0 Å². The van der Waals surface area contributed by atoms with Crippen LogP contribution < -0.4 is 19.1 Å². The summed E-state index contributed by atoms with van der Waals surface area (Å²) in [5.74, 6) is 0.833. The van der Waals surface area contributed by atoms with Gasteiger partial charge in [-0.15, -0.1) is 0 Å². The van der Waals surface area contributed by atoms with E-state index in [1.165, 1.54) is 7.05 Å². The van der Waals surface area contributed by atoms with Crippen LogP contribution >= 0.6 is 0 Å². The molecule has 2 aromatic rings. The van der Waals surface area contributed by atoms with Crippen LogP contribution in [0.2, 0.25) is 0 Å². The summed E-state index contributed by atoms with van der Waals surface area (Å²) in [5, 5.41) is 2.77. The number of anilines is 2. The molecule has 1 amide bonds. The van der Waals surface area contributed by atoms with Crippen LogP contribution in [-0.2, 0) is 14.8 Å². The fourth-order valence-corrected chi connectivity index (χ4v) is 2.72. The van der Waals surface area contributed by atoms with Crippen molar-refractivity contribution >= 4 is 27.3 Å². The molecule has 28 heavy (non-hydrogen) atoms. The van der Waals surface area contributed by atoms with Crippen molar-refractivity contribution in [2.24, 2.45) is 0 Å². The van der Waals surface area contributed by atoms with E-state index in [-0.39, 0.29) is 5.91 Å². The molecule has 0 saturated heterocycles. The van der Waals surface area contributed by atoms with Crippen molar-refractivity contribution in [2.75, 3.05) is 29.5 Å².